The summed E-state index contributed by atoms with van der Waals surface area (Å²) in [6, 6.07) is 11.9. The van der Waals surface area contributed by atoms with Gasteiger partial charge in [-0.1, -0.05) is 23.8 Å². The Balaban J connectivity index is 1.31. The first-order valence-electron chi connectivity index (χ1n) is 9.97. The molecular weight excluding hydrogens is 372 g/mol. The van der Waals surface area contributed by atoms with Gasteiger partial charge in [-0.05, 0) is 43.3 Å². The minimum absolute atomic E-state index is 0.0408. The lowest BCUT2D eigenvalue weighted by molar-refractivity contribution is -0.0848. The van der Waals surface area contributed by atoms with Crippen LogP contribution < -0.4 is 5.32 Å². The number of thiophene rings is 1. The molecule has 1 spiro atoms. The van der Waals surface area contributed by atoms with Crippen molar-refractivity contribution < 1.29 is 14.3 Å². The maximum absolute atomic E-state index is 12.4. The van der Waals surface area contributed by atoms with Crippen molar-refractivity contribution in [2.75, 3.05) is 32.8 Å². The van der Waals surface area contributed by atoms with Crippen molar-refractivity contribution in [3.63, 3.8) is 0 Å². The normalized spacial score (nSPS) is 25.7. The van der Waals surface area contributed by atoms with Gasteiger partial charge in [-0.15, -0.1) is 11.3 Å². The highest BCUT2D eigenvalue weighted by atomic mass is 32.1. The van der Waals surface area contributed by atoms with Crippen molar-refractivity contribution in [1.29, 1.82) is 0 Å². The fraction of sp³-hybridized carbons (Fsp3) is 0.500. The molecule has 2 aliphatic heterocycles. The largest absolute Gasteiger partial charge is 0.377 e. The van der Waals surface area contributed by atoms with Gasteiger partial charge in [0.1, 0.15) is 5.60 Å². The van der Waals surface area contributed by atoms with Gasteiger partial charge >= 0.3 is 0 Å². The van der Waals surface area contributed by atoms with Gasteiger partial charge in [0.2, 0.25) is 0 Å². The maximum Gasteiger partial charge on any atom is 0.251 e. The summed E-state index contributed by atoms with van der Waals surface area (Å²) >= 11 is 1.79. The first-order chi connectivity index (χ1) is 13.6. The fourth-order valence-electron chi connectivity index (χ4n) is 4.02. The number of aryl methyl sites for hydroxylation is 1. The Morgan fingerprint density at radius 2 is 2.18 bits per heavy atom. The monoisotopic (exact) mass is 400 g/mol. The number of benzene rings is 1. The lowest BCUT2D eigenvalue weighted by Gasteiger charge is -2.31. The molecule has 28 heavy (non-hydrogen) atoms. The predicted molar refractivity (Wildman–Crippen MR) is 111 cm³/mol. The van der Waals surface area contributed by atoms with Crippen LogP contribution in [0.1, 0.15) is 33.6 Å². The molecule has 2 saturated heterocycles. The van der Waals surface area contributed by atoms with Crippen molar-refractivity contribution in [2.24, 2.45) is 0 Å². The molecule has 1 aromatic heterocycles. The SMILES string of the molecule is Cc1ccc(C(=O)NCC2CCC3(COCCN(Cc4cccs4)C3)O2)cc1. The molecule has 2 aliphatic rings. The van der Waals surface area contributed by atoms with Gasteiger partial charge in [-0.3, -0.25) is 9.69 Å². The first-order valence-corrected chi connectivity index (χ1v) is 10.9. The second kappa shape index (κ2) is 8.74. The Bertz CT molecular complexity index is 778. The fourth-order valence-corrected chi connectivity index (χ4v) is 4.76. The summed E-state index contributed by atoms with van der Waals surface area (Å²) in [5.74, 6) is -0.0408. The number of carbonyl (C=O) groups excluding carboxylic acids is 1. The van der Waals surface area contributed by atoms with Crippen molar-refractivity contribution >= 4 is 17.2 Å². The third-order valence-corrected chi connectivity index (χ3v) is 6.39. The number of rotatable bonds is 5. The van der Waals surface area contributed by atoms with Gasteiger partial charge < -0.3 is 14.8 Å². The summed E-state index contributed by atoms with van der Waals surface area (Å²) in [6.07, 6.45) is 1.96. The second-order valence-corrected chi connectivity index (χ2v) is 8.91. The van der Waals surface area contributed by atoms with Crippen molar-refractivity contribution in [3.05, 3.63) is 57.8 Å². The third-order valence-electron chi connectivity index (χ3n) is 5.53. The van der Waals surface area contributed by atoms with E-state index in [1.165, 1.54) is 4.88 Å². The quantitative estimate of drug-likeness (QED) is 0.837. The van der Waals surface area contributed by atoms with Crippen molar-refractivity contribution in [1.82, 2.24) is 10.2 Å². The van der Waals surface area contributed by atoms with Gasteiger partial charge in [-0.25, -0.2) is 0 Å². The Morgan fingerprint density at radius 1 is 1.32 bits per heavy atom. The number of hydrogen-bond donors (Lipinski definition) is 1. The average molecular weight is 401 g/mol. The van der Waals surface area contributed by atoms with E-state index in [0.29, 0.717) is 18.7 Å². The molecule has 2 fully saturated rings. The summed E-state index contributed by atoms with van der Waals surface area (Å²) < 4.78 is 12.3. The number of amides is 1. The van der Waals surface area contributed by atoms with E-state index < -0.39 is 0 Å². The van der Waals surface area contributed by atoms with Crippen LogP contribution in [-0.4, -0.2) is 55.4 Å². The molecule has 0 aliphatic carbocycles. The Morgan fingerprint density at radius 3 is 2.96 bits per heavy atom. The van der Waals surface area contributed by atoms with Gasteiger partial charge in [0, 0.05) is 36.6 Å². The van der Waals surface area contributed by atoms with Gasteiger partial charge in [0.15, 0.2) is 0 Å². The molecule has 1 aromatic carbocycles. The molecule has 0 saturated carbocycles. The molecule has 150 valence electrons. The van der Waals surface area contributed by atoms with E-state index in [-0.39, 0.29) is 17.6 Å². The number of nitrogens with zero attached hydrogens (tertiary/aromatic N) is 1. The molecule has 5 nitrogen and oxygen atoms in total. The molecule has 2 unspecified atom stereocenters. The smallest absolute Gasteiger partial charge is 0.251 e. The maximum atomic E-state index is 12.4. The number of carbonyl (C=O) groups is 1. The number of ether oxygens (including phenoxy) is 2. The molecule has 2 aromatic rings. The zero-order valence-corrected chi connectivity index (χ0v) is 17.2. The summed E-state index contributed by atoms with van der Waals surface area (Å²) in [6.45, 7) is 6.69. The summed E-state index contributed by atoms with van der Waals surface area (Å²) in [5.41, 5.74) is 1.59. The van der Waals surface area contributed by atoms with Crippen LogP contribution in [0.2, 0.25) is 0 Å². The molecule has 0 bridgehead atoms. The molecule has 0 radical (unpaired) electrons. The highest BCUT2D eigenvalue weighted by molar-refractivity contribution is 7.09. The van der Waals surface area contributed by atoms with Crippen LogP contribution in [0.25, 0.3) is 0 Å². The number of hydrogen-bond acceptors (Lipinski definition) is 5. The lowest BCUT2D eigenvalue weighted by Crippen LogP contribution is -2.45. The molecule has 6 heteroatoms. The van der Waals surface area contributed by atoms with Crippen LogP contribution in [0.15, 0.2) is 41.8 Å². The van der Waals surface area contributed by atoms with E-state index in [4.69, 9.17) is 9.47 Å². The van der Waals surface area contributed by atoms with Gasteiger partial charge in [0.25, 0.3) is 5.91 Å². The molecular formula is C22H28N2O3S. The summed E-state index contributed by atoms with van der Waals surface area (Å²) in [5, 5.41) is 5.15. The Hall–Kier alpha value is -1.73. The molecule has 2 atom stereocenters. The molecule has 3 heterocycles. The molecule has 1 N–H and O–H groups in total. The molecule has 4 rings (SSSR count). The van der Waals surface area contributed by atoms with E-state index in [2.05, 4.69) is 27.7 Å². The van der Waals surface area contributed by atoms with Gasteiger partial charge in [0.05, 0.1) is 19.3 Å². The van der Waals surface area contributed by atoms with E-state index in [0.717, 1.165) is 44.6 Å². The molecule has 1 amide bonds. The minimum atomic E-state index is -0.257. The zero-order chi connectivity index (χ0) is 19.4. The van der Waals surface area contributed by atoms with E-state index >= 15 is 0 Å². The van der Waals surface area contributed by atoms with Crippen LogP contribution in [0.5, 0.6) is 0 Å². The second-order valence-electron chi connectivity index (χ2n) is 7.88. The first kappa shape index (κ1) is 19.6. The summed E-state index contributed by atoms with van der Waals surface area (Å²) in [7, 11) is 0. The van der Waals surface area contributed by atoms with Crippen LogP contribution >= 0.6 is 11.3 Å². The van der Waals surface area contributed by atoms with E-state index in [1.54, 1.807) is 11.3 Å². The van der Waals surface area contributed by atoms with E-state index in [1.807, 2.05) is 31.2 Å². The average Bonchev–Trinajstić information content (AvgIpc) is 3.29. The minimum Gasteiger partial charge on any atom is -0.377 e. The highest BCUT2D eigenvalue weighted by Gasteiger charge is 2.43. The lowest BCUT2D eigenvalue weighted by atomic mass is 10.00. The zero-order valence-electron chi connectivity index (χ0n) is 16.4. The predicted octanol–water partition coefficient (Wildman–Crippen LogP) is 3.24. The topological polar surface area (TPSA) is 50.8 Å². The van der Waals surface area contributed by atoms with E-state index in [9.17, 15) is 4.79 Å². The highest BCUT2D eigenvalue weighted by Crippen LogP contribution is 2.33. The van der Waals surface area contributed by atoms with Crippen molar-refractivity contribution in [3.8, 4) is 0 Å². The Labute approximate surface area is 170 Å². The van der Waals surface area contributed by atoms with Crippen molar-refractivity contribution in [2.45, 2.75) is 38.0 Å². The standard InChI is InChI=1S/C22H28N2O3S/c1-17-4-6-18(7-5-17)21(25)23-13-19-8-9-22(27-19)15-24(10-11-26-16-22)14-20-3-2-12-28-20/h2-7,12,19H,8-11,13-16H2,1H3,(H,23,25). The van der Waals surface area contributed by atoms with Crippen LogP contribution in [0, 0.1) is 6.92 Å². The summed E-state index contributed by atoms with van der Waals surface area (Å²) in [4.78, 5) is 16.2. The van der Waals surface area contributed by atoms with Crippen LogP contribution in [0.3, 0.4) is 0 Å². The van der Waals surface area contributed by atoms with Crippen LogP contribution in [-0.2, 0) is 16.0 Å². The van der Waals surface area contributed by atoms with Gasteiger partial charge in [-0.2, -0.15) is 0 Å². The Kier molecular flexibility index (Phi) is 6.11. The van der Waals surface area contributed by atoms with Crippen LogP contribution in [0.4, 0.5) is 0 Å². The number of nitrogens with one attached hydrogen (secondary N) is 1. The third kappa shape index (κ3) is 4.81.